The Morgan fingerprint density at radius 3 is 2.73 bits per heavy atom. The molecule has 0 bridgehead atoms. The van der Waals surface area contributed by atoms with Gasteiger partial charge in [0.25, 0.3) is 0 Å². The largest absolute Gasteiger partial charge is 0.415 e. The van der Waals surface area contributed by atoms with Crippen LogP contribution >= 0.6 is 0 Å². The van der Waals surface area contributed by atoms with Crippen LogP contribution in [0.25, 0.3) is 0 Å². The molecule has 0 aromatic rings. The lowest BCUT2D eigenvalue weighted by atomic mass is 10.1. The van der Waals surface area contributed by atoms with Crippen LogP contribution in [0, 0.1) is 0 Å². The maximum Gasteiger partial charge on any atom is 0.415 e. The smallest absolute Gasteiger partial charge is 0.382 e. The Morgan fingerprint density at radius 2 is 2.20 bits per heavy atom. The third kappa shape index (κ3) is 4.66. The van der Waals surface area contributed by atoms with Crippen molar-refractivity contribution in [1.29, 1.82) is 0 Å². The van der Waals surface area contributed by atoms with E-state index in [1.54, 1.807) is 0 Å². The number of hydrogen-bond acceptors (Lipinski definition) is 2. The highest BCUT2D eigenvalue weighted by molar-refractivity contribution is 5.07. The average Bonchev–Trinajstić information content (AvgIpc) is 2.63. The van der Waals surface area contributed by atoms with Crippen LogP contribution in [0.1, 0.15) is 25.7 Å². The number of halogens is 3. The molecular weight excluding hydrogens is 207 g/mol. The Hall–Kier alpha value is -0.550. The standard InChI is InChI=1S/C10H16F3NO/c11-10(12,13)9(15)7-14-6-5-8-3-1-2-4-8/h3,9,14-15H,1-2,4-7H2. The molecule has 2 nitrogen and oxygen atoms in total. The second kappa shape index (κ2) is 5.51. The summed E-state index contributed by atoms with van der Waals surface area (Å²) in [5.41, 5.74) is 1.31. The Kier molecular flexibility index (Phi) is 4.60. The lowest BCUT2D eigenvalue weighted by molar-refractivity contribution is -0.201. The summed E-state index contributed by atoms with van der Waals surface area (Å²) >= 11 is 0. The van der Waals surface area contributed by atoms with Crippen molar-refractivity contribution in [2.75, 3.05) is 13.1 Å². The molecule has 0 saturated heterocycles. The van der Waals surface area contributed by atoms with Gasteiger partial charge < -0.3 is 10.4 Å². The van der Waals surface area contributed by atoms with E-state index in [4.69, 9.17) is 5.11 Å². The fourth-order valence-electron chi connectivity index (χ4n) is 1.57. The molecular formula is C10H16F3NO. The van der Waals surface area contributed by atoms with E-state index >= 15 is 0 Å². The molecule has 0 radical (unpaired) electrons. The summed E-state index contributed by atoms with van der Waals surface area (Å²) in [6.45, 7) is 0.0791. The SMILES string of the molecule is OC(CNCCC1=CCCC1)C(F)(F)F. The van der Waals surface area contributed by atoms with Gasteiger partial charge in [0.2, 0.25) is 0 Å². The van der Waals surface area contributed by atoms with Gasteiger partial charge in [0.1, 0.15) is 0 Å². The van der Waals surface area contributed by atoms with Gasteiger partial charge in [-0.05, 0) is 32.2 Å². The molecule has 0 aliphatic heterocycles. The first-order valence-electron chi connectivity index (χ1n) is 5.13. The summed E-state index contributed by atoms with van der Waals surface area (Å²) in [7, 11) is 0. The van der Waals surface area contributed by atoms with Crippen molar-refractivity contribution >= 4 is 0 Å². The van der Waals surface area contributed by atoms with Gasteiger partial charge in [-0.1, -0.05) is 11.6 Å². The monoisotopic (exact) mass is 223 g/mol. The molecule has 0 heterocycles. The van der Waals surface area contributed by atoms with Crippen LogP contribution in [0.2, 0.25) is 0 Å². The van der Waals surface area contributed by atoms with E-state index < -0.39 is 18.8 Å². The highest BCUT2D eigenvalue weighted by Crippen LogP contribution is 2.20. The zero-order valence-corrected chi connectivity index (χ0v) is 8.48. The molecule has 88 valence electrons. The highest BCUT2D eigenvalue weighted by atomic mass is 19.4. The zero-order valence-electron chi connectivity index (χ0n) is 8.48. The van der Waals surface area contributed by atoms with Crippen molar-refractivity contribution in [1.82, 2.24) is 5.32 Å². The van der Waals surface area contributed by atoms with Gasteiger partial charge in [0.05, 0.1) is 0 Å². The first-order chi connectivity index (χ1) is 7.00. The molecule has 15 heavy (non-hydrogen) atoms. The zero-order chi connectivity index (χ0) is 11.3. The first kappa shape index (κ1) is 12.5. The second-order valence-corrected chi connectivity index (χ2v) is 3.77. The summed E-state index contributed by atoms with van der Waals surface area (Å²) in [5, 5.41) is 11.3. The Labute approximate surface area is 87.2 Å². The molecule has 2 N–H and O–H groups in total. The van der Waals surface area contributed by atoms with Crippen LogP contribution in [0.15, 0.2) is 11.6 Å². The summed E-state index contributed by atoms with van der Waals surface area (Å²) in [4.78, 5) is 0. The molecule has 0 aromatic heterocycles. The van der Waals surface area contributed by atoms with Gasteiger partial charge in [-0.15, -0.1) is 0 Å². The number of alkyl halides is 3. The average molecular weight is 223 g/mol. The molecule has 0 fully saturated rings. The van der Waals surface area contributed by atoms with Crippen LogP contribution < -0.4 is 5.32 Å². The van der Waals surface area contributed by atoms with Gasteiger partial charge in [-0.2, -0.15) is 13.2 Å². The number of aliphatic hydroxyl groups excluding tert-OH is 1. The van der Waals surface area contributed by atoms with Gasteiger partial charge in [-0.3, -0.25) is 0 Å². The van der Waals surface area contributed by atoms with Crippen LogP contribution in [-0.2, 0) is 0 Å². The number of nitrogens with one attached hydrogen (secondary N) is 1. The van der Waals surface area contributed by atoms with Crippen molar-refractivity contribution in [3.8, 4) is 0 Å². The van der Waals surface area contributed by atoms with Gasteiger partial charge in [0, 0.05) is 6.54 Å². The van der Waals surface area contributed by atoms with Gasteiger partial charge in [0.15, 0.2) is 6.10 Å². The van der Waals surface area contributed by atoms with E-state index in [-0.39, 0.29) is 0 Å². The second-order valence-electron chi connectivity index (χ2n) is 3.77. The number of aliphatic hydroxyl groups is 1. The predicted molar refractivity (Wildman–Crippen MR) is 51.5 cm³/mol. The lowest BCUT2D eigenvalue weighted by Gasteiger charge is -2.15. The molecule has 0 saturated carbocycles. The molecule has 1 aliphatic rings. The van der Waals surface area contributed by atoms with Crippen molar-refractivity contribution in [3.05, 3.63) is 11.6 Å². The minimum absolute atomic E-state index is 0.420. The van der Waals surface area contributed by atoms with Crippen molar-refractivity contribution in [2.24, 2.45) is 0 Å². The van der Waals surface area contributed by atoms with Gasteiger partial charge >= 0.3 is 6.18 Å². The third-order valence-electron chi connectivity index (χ3n) is 2.47. The van der Waals surface area contributed by atoms with Gasteiger partial charge in [-0.25, -0.2) is 0 Å². The molecule has 0 aromatic carbocycles. The summed E-state index contributed by atoms with van der Waals surface area (Å²) in [6, 6.07) is 0. The molecule has 0 spiro atoms. The van der Waals surface area contributed by atoms with Crippen molar-refractivity contribution in [3.63, 3.8) is 0 Å². The summed E-state index contributed by atoms with van der Waals surface area (Å²) in [5.74, 6) is 0. The minimum atomic E-state index is -4.51. The summed E-state index contributed by atoms with van der Waals surface area (Å²) in [6.07, 6.45) is -0.550. The lowest BCUT2D eigenvalue weighted by Crippen LogP contribution is -2.38. The predicted octanol–water partition coefficient (Wildman–Crippen LogP) is 2.00. The molecule has 1 atom stereocenters. The third-order valence-corrected chi connectivity index (χ3v) is 2.47. The van der Waals surface area contributed by atoms with E-state index in [1.807, 2.05) is 0 Å². The van der Waals surface area contributed by atoms with Crippen LogP contribution in [0.5, 0.6) is 0 Å². The normalized spacial score (nSPS) is 19.1. The topological polar surface area (TPSA) is 32.3 Å². The van der Waals surface area contributed by atoms with Crippen molar-refractivity contribution < 1.29 is 18.3 Å². The first-order valence-corrected chi connectivity index (χ1v) is 5.13. The van der Waals surface area contributed by atoms with Crippen molar-refractivity contribution in [2.45, 2.75) is 38.0 Å². The minimum Gasteiger partial charge on any atom is -0.382 e. The maximum absolute atomic E-state index is 11.9. The van der Waals surface area contributed by atoms with E-state index in [9.17, 15) is 13.2 Å². The van der Waals surface area contributed by atoms with E-state index in [0.29, 0.717) is 6.54 Å². The molecule has 1 aliphatic carbocycles. The molecule has 1 unspecified atom stereocenters. The number of rotatable bonds is 5. The van der Waals surface area contributed by atoms with E-state index in [2.05, 4.69) is 11.4 Å². The van der Waals surface area contributed by atoms with Crippen LogP contribution in [-0.4, -0.2) is 30.5 Å². The Morgan fingerprint density at radius 1 is 1.47 bits per heavy atom. The quantitative estimate of drug-likeness (QED) is 0.552. The maximum atomic E-state index is 11.9. The molecule has 1 rings (SSSR count). The van der Waals surface area contributed by atoms with E-state index in [0.717, 1.165) is 25.7 Å². The molecule has 5 heteroatoms. The highest BCUT2D eigenvalue weighted by Gasteiger charge is 2.37. The van der Waals surface area contributed by atoms with Crippen LogP contribution in [0.3, 0.4) is 0 Å². The van der Waals surface area contributed by atoms with Crippen LogP contribution in [0.4, 0.5) is 13.2 Å². The fourth-order valence-corrected chi connectivity index (χ4v) is 1.57. The Balaban J connectivity index is 2.06. The molecule has 0 amide bonds. The van der Waals surface area contributed by atoms with E-state index in [1.165, 1.54) is 5.57 Å². The fraction of sp³-hybridized carbons (Fsp3) is 0.800. The Bertz CT molecular complexity index is 225. The summed E-state index contributed by atoms with van der Waals surface area (Å²) < 4.78 is 35.6. The number of allylic oxidation sites excluding steroid dienone is 1. The number of hydrogen-bond donors (Lipinski definition) is 2.